The van der Waals surface area contributed by atoms with Crippen LogP contribution in [0.15, 0.2) is 60.9 Å². The summed E-state index contributed by atoms with van der Waals surface area (Å²) in [5.41, 5.74) is 0.425. The number of nitrogens with one attached hydrogen (secondary N) is 1. The summed E-state index contributed by atoms with van der Waals surface area (Å²) in [6, 6.07) is 11.5. The van der Waals surface area contributed by atoms with Crippen LogP contribution >= 0.6 is 0 Å². The van der Waals surface area contributed by atoms with Crippen LogP contribution < -0.4 is 10.1 Å². The summed E-state index contributed by atoms with van der Waals surface area (Å²) in [4.78, 5) is 47.0. The van der Waals surface area contributed by atoms with Gasteiger partial charge in [-0.15, -0.1) is 0 Å². The largest absolute Gasteiger partial charge is 0.437 e. The molecule has 1 N–H and O–H groups in total. The summed E-state index contributed by atoms with van der Waals surface area (Å²) in [6.07, 6.45) is -0.957. The molecule has 4 unspecified atom stereocenters. The molecule has 3 aliphatic heterocycles. The van der Waals surface area contributed by atoms with Crippen LogP contribution in [-0.4, -0.2) is 44.8 Å². The lowest BCUT2D eigenvalue weighted by Gasteiger charge is -2.17. The van der Waals surface area contributed by atoms with Gasteiger partial charge in [-0.2, -0.15) is 13.2 Å². The molecule has 12 heteroatoms. The lowest BCUT2D eigenvalue weighted by molar-refractivity contribution is -0.143. The quantitative estimate of drug-likeness (QED) is 0.469. The zero-order valence-corrected chi connectivity index (χ0v) is 20.2. The Labute approximate surface area is 219 Å². The van der Waals surface area contributed by atoms with E-state index in [4.69, 9.17) is 9.47 Å². The average molecular weight is 538 g/mol. The maximum atomic E-state index is 12.8. The number of carbonyl (C=O) groups is 3. The van der Waals surface area contributed by atoms with Gasteiger partial charge >= 0.3 is 6.18 Å². The van der Waals surface area contributed by atoms with Crippen LogP contribution in [0.1, 0.15) is 34.5 Å². The Morgan fingerprint density at radius 2 is 1.64 bits per heavy atom. The zero-order chi connectivity index (χ0) is 27.3. The first-order chi connectivity index (χ1) is 18.7. The van der Waals surface area contributed by atoms with Crippen molar-refractivity contribution in [1.29, 1.82) is 0 Å². The molecule has 6 rings (SSSR count). The van der Waals surface area contributed by atoms with Gasteiger partial charge in [0, 0.05) is 11.6 Å². The molecule has 0 radical (unpaired) electrons. The van der Waals surface area contributed by atoms with Crippen molar-refractivity contribution in [3.05, 3.63) is 77.7 Å². The van der Waals surface area contributed by atoms with E-state index < -0.39 is 17.8 Å². The number of likely N-dealkylation sites (tertiary alicyclic amines) is 1. The number of carbonyl (C=O) groups excluding carboxylic acids is 3. The van der Waals surface area contributed by atoms with Gasteiger partial charge in [-0.1, -0.05) is 12.1 Å². The third kappa shape index (κ3) is 4.71. The van der Waals surface area contributed by atoms with Crippen molar-refractivity contribution in [3.8, 4) is 11.6 Å². The number of rotatable bonds is 6. The van der Waals surface area contributed by atoms with E-state index in [1.54, 1.807) is 24.3 Å². The molecule has 4 atom stereocenters. The molecule has 39 heavy (non-hydrogen) atoms. The number of imide groups is 1. The number of aromatic nitrogens is 2. The third-order valence-corrected chi connectivity index (χ3v) is 7.18. The number of alkyl halides is 3. The number of hydrogen-bond acceptors (Lipinski definition) is 7. The first-order valence-electron chi connectivity index (χ1n) is 12.3. The number of nitrogens with zero attached hydrogens (tertiary/aromatic N) is 3. The smallest absolute Gasteiger partial charge is 0.433 e. The Balaban J connectivity index is 1.04. The van der Waals surface area contributed by atoms with Crippen LogP contribution in [-0.2, 0) is 27.0 Å². The molecular formula is C27H21F3N4O5. The minimum atomic E-state index is -4.54. The fourth-order valence-corrected chi connectivity index (χ4v) is 5.32. The predicted molar refractivity (Wildman–Crippen MR) is 128 cm³/mol. The lowest BCUT2D eigenvalue weighted by Crippen LogP contribution is -2.33. The predicted octanol–water partition coefficient (Wildman–Crippen LogP) is 4.20. The summed E-state index contributed by atoms with van der Waals surface area (Å²) < 4.78 is 49.1. The molecule has 0 saturated carbocycles. The van der Waals surface area contributed by atoms with Crippen LogP contribution in [0.4, 0.5) is 18.9 Å². The molecule has 200 valence electrons. The van der Waals surface area contributed by atoms with Crippen molar-refractivity contribution in [2.75, 3.05) is 5.32 Å². The number of ether oxygens (including phenoxy) is 2. The van der Waals surface area contributed by atoms with E-state index in [1.807, 2.05) is 0 Å². The van der Waals surface area contributed by atoms with Crippen molar-refractivity contribution in [2.24, 2.45) is 11.8 Å². The standard InChI is InChI=1S/C27H21F3N4O5/c28-27(29,30)20-9-6-17(12-31-20)38-21-10-5-16(11-32-21)33-24(35)15-3-1-14(2-4-15)13-34-25(36)22-18-7-8-19(39-18)23(22)26(34)37/h1-6,9-12,18-19,22-23H,7-8,13H2,(H,33,35). The van der Waals surface area contributed by atoms with Gasteiger partial charge in [0.05, 0.1) is 48.7 Å². The Morgan fingerprint density at radius 1 is 0.949 bits per heavy atom. The molecule has 2 bridgehead atoms. The van der Waals surface area contributed by atoms with Crippen LogP contribution in [0.5, 0.6) is 11.6 Å². The number of amides is 3. The highest BCUT2D eigenvalue weighted by molar-refractivity contribution is 6.06. The fourth-order valence-electron chi connectivity index (χ4n) is 5.32. The Bertz CT molecular complexity index is 1400. The average Bonchev–Trinajstić information content (AvgIpc) is 3.60. The molecule has 0 spiro atoms. The minimum Gasteiger partial charge on any atom is -0.437 e. The van der Waals surface area contributed by atoms with E-state index in [-0.39, 0.29) is 54.0 Å². The van der Waals surface area contributed by atoms with Crippen molar-refractivity contribution >= 4 is 23.4 Å². The molecule has 0 aliphatic carbocycles. The van der Waals surface area contributed by atoms with Crippen LogP contribution in [0.2, 0.25) is 0 Å². The second-order valence-corrected chi connectivity index (χ2v) is 9.62. The Morgan fingerprint density at radius 3 is 2.21 bits per heavy atom. The van der Waals surface area contributed by atoms with E-state index in [0.29, 0.717) is 11.3 Å². The fraction of sp³-hybridized carbons (Fsp3) is 0.296. The van der Waals surface area contributed by atoms with Gasteiger partial charge in [-0.25, -0.2) is 9.97 Å². The minimum absolute atomic E-state index is 0.0774. The topological polar surface area (TPSA) is 111 Å². The van der Waals surface area contributed by atoms with Gasteiger partial charge in [0.1, 0.15) is 11.4 Å². The molecular weight excluding hydrogens is 517 g/mol. The number of pyridine rings is 2. The van der Waals surface area contributed by atoms with Crippen LogP contribution in [0.25, 0.3) is 0 Å². The highest BCUT2D eigenvalue weighted by atomic mass is 19.4. The highest BCUT2D eigenvalue weighted by Crippen LogP contribution is 2.48. The number of hydrogen-bond donors (Lipinski definition) is 1. The maximum absolute atomic E-state index is 12.8. The van der Waals surface area contributed by atoms with E-state index >= 15 is 0 Å². The Hall–Kier alpha value is -4.32. The normalized spacial score (nSPS) is 23.7. The molecule has 3 aliphatic rings. The SMILES string of the molecule is O=C(Nc1ccc(Oc2ccc(C(F)(F)F)nc2)nc1)c1ccc(CN2C(=O)C3C4CCC(O4)C3C2=O)cc1. The molecule has 9 nitrogen and oxygen atoms in total. The number of benzene rings is 1. The molecule has 3 fully saturated rings. The summed E-state index contributed by atoms with van der Waals surface area (Å²) >= 11 is 0. The van der Waals surface area contributed by atoms with Gasteiger partial charge in [-0.3, -0.25) is 19.3 Å². The summed E-state index contributed by atoms with van der Waals surface area (Å²) in [5.74, 6) is -1.35. The summed E-state index contributed by atoms with van der Waals surface area (Å²) in [5, 5.41) is 2.70. The molecule has 1 aromatic carbocycles. The van der Waals surface area contributed by atoms with Gasteiger partial charge in [0.2, 0.25) is 17.7 Å². The third-order valence-electron chi connectivity index (χ3n) is 7.18. The maximum Gasteiger partial charge on any atom is 0.433 e. The summed E-state index contributed by atoms with van der Waals surface area (Å²) in [7, 11) is 0. The first-order valence-corrected chi connectivity index (χ1v) is 12.3. The van der Waals surface area contributed by atoms with E-state index in [2.05, 4.69) is 15.3 Å². The lowest BCUT2D eigenvalue weighted by atomic mass is 9.81. The molecule has 2 aromatic heterocycles. The van der Waals surface area contributed by atoms with Gasteiger partial charge in [0.25, 0.3) is 5.91 Å². The van der Waals surface area contributed by atoms with Crippen LogP contribution in [0, 0.1) is 11.8 Å². The monoisotopic (exact) mass is 538 g/mol. The van der Waals surface area contributed by atoms with E-state index in [0.717, 1.165) is 36.7 Å². The number of halogens is 3. The number of anilines is 1. The van der Waals surface area contributed by atoms with Crippen molar-refractivity contribution in [3.63, 3.8) is 0 Å². The van der Waals surface area contributed by atoms with Crippen molar-refractivity contribution < 1.29 is 37.0 Å². The Kier molecular flexibility index (Phi) is 6.06. The van der Waals surface area contributed by atoms with Crippen molar-refractivity contribution in [1.82, 2.24) is 14.9 Å². The second-order valence-electron chi connectivity index (χ2n) is 9.62. The molecule has 3 saturated heterocycles. The zero-order valence-electron chi connectivity index (χ0n) is 20.2. The van der Waals surface area contributed by atoms with Gasteiger partial charge < -0.3 is 14.8 Å². The van der Waals surface area contributed by atoms with E-state index in [9.17, 15) is 27.6 Å². The number of fused-ring (bicyclic) bond motifs is 5. The van der Waals surface area contributed by atoms with Crippen molar-refractivity contribution in [2.45, 2.75) is 37.8 Å². The van der Waals surface area contributed by atoms with Gasteiger partial charge in [-0.05, 0) is 48.7 Å². The molecule has 3 aromatic rings. The van der Waals surface area contributed by atoms with Crippen LogP contribution in [0.3, 0.4) is 0 Å². The van der Waals surface area contributed by atoms with Gasteiger partial charge in [0.15, 0.2) is 0 Å². The molecule has 5 heterocycles. The summed E-state index contributed by atoms with van der Waals surface area (Å²) in [6.45, 7) is 0.145. The first kappa shape index (κ1) is 25.0. The highest BCUT2D eigenvalue weighted by Gasteiger charge is 2.62. The van der Waals surface area contributed by atoms with E-state index in [1.165, 1.54) is 23.2 Å². The second kappa shape index (κ2) is 9.45. The molecule has 3 amide bonds.